The Morgan fingerprint density at radius 2 is 1.79 bits per heavy atom. The average molecular weight is 470 g/mol. The summed E-state index contributed by atoms with van der Waals surface area (Å²) in [5.41, 5.74) is 3.48. The van der Waals surface area contributed by atoms with Gasteiger partial charge >= 0.3 is 6.03 Å². The van der Waals surface area contributed by atoms with Crippen molar-refractivity contribution in [2.24, 2.45) is 0 Å². The van der Waals surface area contributed by atoms with E-state index in [0.717, 1.165) is 42.6 Å². The van der Waals surface area contributed by atoms with E-state index in [4.69, 9.17) is 9.47 Å². The number of urea groups is 1. The number of aliphatic hydroxyl groups excluding tert-OH is 2. The van der Waals surface area contributed by atoms with Crippen LogP contribution in [0, 0.1) is 0 Å². The van der Waals surface area contributed by atoms with Crippen molar-refractivity contribution in [2.45, 2.75) is 57.3 Å². The van der Waals surface area contributed by atoms with E-state index < -0.39 is 6.29 Å². The van der Waals surface area contributed by atoms with Crippen molar-refractivity contribution >= 4 is 11.7 Å². The first-order chi connectivity index (χ1) is 16.6. The minimum absolute atomic E-state index is 0.00827. The van der Waals surface area contributed by atoms with Gasteiger partial charge in [0.1, 0.15) is 0 Å². The molecule has 2 aromatic rings. The van der Waals surface area contributed by atoms with E-state index in [1.165, 1.54) is 0 Å². The van der Waals surface area contributed by atoms with Gasteiger partial charge in [-0.3, -0.25) is 4.90 Å². The van der Waals surface area contributed by atoms with E-state index in [1.807, 2.05) is 55.5 Å². The summed E-state index contributed by atoms with van der Waals surface area (Å²) < 4.78 is 12.8. The highest BCUT2D eigenvalue weighted by Gasteiger charge is 2.35. The molecular formula is C26H35N3O5. The van der Waals surface area contributed by atoms with Gasteiger partial charge in [-0.2, -0.15) is 0 Å². The maximum absolute atomic E-state index is 11.8. The molecule has 4 N–H and O–H groups in total. The number of aliphatic hydroxyl groups is 2. The monoisotopic (exact) mass is 469 g/mol. The molecule has 2 amide bonds. The Labute approximate surface area is 200 Å². The number of nitrogens with one attached hydrogen (secondary N) is 2. The molecule has 0 radical (unpaired) electrons. The van der Waals surface area contributed by atoms with Gasteiger partial charge in [0.15, 0.2) is 6.29 Å². The zero-order valence-electron chi connectivity index (χ0n) is 19.7. The molecule has 2 saturated heterocycles. The second-order valence-electron chi connectivity index (χ2n) is 8.93. The Balaban J connectivity index is 1.50. The molecule has 4 atom stereocenters. The van der Waals surface area contributed by atoms with Crippen LogP contribution >= 0.6 is 0 Å². The number of carbonyl (C=O) groups is 1. The molecule has 34 heavy (non-hydrogen) atoms. The lowest BCUT2D eigenvalue weighted by Gasteiger charge is -2.38. The maximum atomic E-state index is 11.8. The summed E-state index contributed by atoms with van der Waals surface area (Å²) in [5, 5.41) is 24.6. The number of amides is 2. The summed E-state index contributed by atoms with van der Waals surface area (Å²) in [7, 11) is 0. The van der Waals surface area contributed by atoms with Gasteiger partial charge in [0.05, 0.1) is 25.4 Å². The Kier molecular flexibility index (Phi) is 8.53. The lowest BCUT2D eigenvalue weighted by Crippen LogP contribution is -2.42. The maximum Gasteiger partial charge on any atom is 0.319 e. The number of likely N-dealkylation sites (tertiary alicyclic amines) is 1. The number of hydrogen-bond acceptors (Lipinski definition) is 6. The third kappa shape index (κ3) is 6.14. The molecule has 8 nitrogen and oxygen atoms in total. The van der Waals surface area contributed by atoms with Crippen molar-refractivity contribution in [3.05, 3.63) is 65.2 Å². The number of nitrogens with zero attached hydrogens (tertiary/aromatic N) is 1. The highest BCUT2D eigenvalue weighted by Crippen LogP contribution is 2.38. The van der Waals surface area contributed by atoms with Crippen molar-refractivity contribution in [3.63, 3.8) is 0 Å². The van der Waals surface area contributed by atoms with Crippen LogP contribution in [0.2, 0.25) is 0 Å². The van der Waals surface area contributed by atoms with Gasteiger partial charge in [0, 0.05) is 36.8 Å². The van der Waals surface area contributed by atoms with E-state index in [2.05, 4.69) is 15.5 Å². The third-order valence-electron chi connectivity index (χ3n) is 6.54. The first-order valence-electron chi connectivity index (χ1n) is 12.1. The lowest BCUT2D eigenvalue weighted by molar-refractivity contribution is -0.253. The molecule has 0 aromatic heterocycles. The number of ether oxygens (including phenoxy) is 2. The molecule has 0 aliphatic carbocycles. The van der Waals surface area contributed by atoms with E-state index in [9.17, 15) is 15.0 Å². The molecule has 4 rings (SSSR count). The second-order valence-corrected chi connectivity index (χ2v) is 8.93. The van der Waals surface area contributed by atoms with Crippen LogP contribution in [0.15, 0.2) is 48.5 Å². The van der Waals surface area contributed by atoms with Crippen LogP contribution in [-0.2, 0) is 16.1 Å². The molecule has 184 valence electrons. The van der Waals surface area contributed by atoms with Gasteiger partial charge in [0.2, 0.25) is 0 Å². The second kappa shape index (κ2) is 11.8. The van der Waals surface area contributed by atoms with E-state index in [0.29, 0.717) is 18.7 Å². The normalized spacial score (nSPS) is 25.3. The largest absolute Gasteiger partial charge is 0.395 e. The van der Waals surface area contributed by atoms with Crippen molar-refractivity contribution in [2.75, 3.05) is 31.6 Å². The van der Waals surface area contributed by atoms with Crippen LogP contribution in [-0.4, -0.2) is 59.5 Å². The average Bonchev–Trinajstić information content (AvgIpc) is 3.31. The quantitative estimate of drug-likeness (QED) is 0.473. The third-order valence-corrected chi connectivity index (χ3v) is 6.54. The van der Waals surface area contributed by atoms with E-state index in [-0.39, 0.29) is 37.5 Å². The van der Waals surface area contributed by atoms with Crippen LogP contribution in [0.4, 0.5) is 10.5 Å². The van der Waals surface area contributed by atoms with Crippen LogP contribution in [0.3, 0.4) is 0 Å². The summed E-state index contributed by atoms with van der Waals surface area (Å²) in [5.74, 6) is 0. The summed E-state index contributed by atoms with van der Waals surface area (Å²) in [6.45, 7) is 4.31. The standard InChI is InChI=1S/C26H35N3O5/c1-2-27-26(32)28-21-11-9-20(10-12-21)25-33-23(15-29-13-3-4-22(29)17-31)14-24(34-25)19-7-5-18(16-30)6-8-19/h5-12,22-25,30-31H,2-4,13-17H2,1H3,(H2,27,28,32)/t22-,23+,24-,25-/m0/s1. The predicted molar refractivity (Wildman–Crippen MR) is 129 cm³/mol. The fourth-order valence-corrected chi connectivity index (χ4v) is 4.70. The van der Waals surface area contributed by atoms with Gasteiger partial charge in [0.25, 0.3) is 0 Å². The van der Waals surface area contributed by atoms with Crippen LogP contribution < -0.4 is 10.6 Å². The smallest absolute Gasteiger partial charge is 0.319 e. The molecule has 0 saturated carbocycles. The fourth-order valence-electron chi connectivity index (χ4n) is 4.70. The van der Waals surface area contributed by atoms with Gasteiger partial charge < -0.3 is 30.3 Å². The topological polar surface area (TPSA) is 103 Å². The van der Waals surface area contributed by atoms with Crippen LogP contribution in [0.25, 0.3) is 0 Å². The van der Waals surface area contributed by atoms with Crippen LogP contribution in [0.5, 0.6) is 0 Å². The first-order valence-corrected chi connectivity index (χ1v) is 12.1. The van der Waals surface area contributed by atoms with Crippen molar-refractivity contribution in [1.29, 1.82) is 0 Å². The Hall–Kier alpha value is -2.49. The summed E-state index contributed by atoms with van der Waals surface area (Å²) in [4.78, 5) is 14.1. The molecule has 2 aromatic carbocycles. The Bertz CT molecular complexity index is 921. The van der Waals surface area contributed by atoms with Gasteiger partial charge in [-0.15, -0.1) is 0 Å². The number of hydrogen-bond donors (Lipinski definition) is 4. The summed E-state index contributed by atoms with van der Waals surface area (Å²) >= 11 is 0. The molecule has 0 unspecified atom stereocenters. The molecular weight excluding hydrogens is 434 g/mol. The summed E-state index contributed by atoms with van der Waals surface area (Å²) in [6, 6.07) is 15.3. The molecule has 0 spiro atoms. The molecule has 2 aliphatic rings. The molecule has 2 heterocycles. The van der Waals surface area contributed by atoms with Gasteiger partial charge in [-0.05, 0) is 49.6 Å². The zero-order valence-corrected chi connectivity index (χ0v) is 19.7. The van der Waals surface area contributed by atoms with E-state index in [1.54, 1.807) is 0 Å². The Morgan fingerprint density at radius 1 is 1.06 bits per heavy atom. The molecule has 8 heteroatoms. The lowest BCUT2D eigenvalue weighted by atomic mass is 9.99. The minimum Gasteiger partial charge on any atom is -0.395 e. The predicted octanol–water partition coefficient (Wildman–Crippen LogP) is 3.32. The summed E-state index contributed by atoms with van der Waals surface area (Å²) in [6.07, 6.45) is 2.05. The number of carbonyl (C=O) groups excluding carboxylic acids is 1. The highest BCUT2D eigenvalue weighted by molar-refractivity contribution is 5.89. The van der Waals surface area contributed by atoms with E-state index >= 15 is 0 Å². The van der Waals surface area contributed by atoms with Crippen molar-refractivity contribution < 1.29 is 24.5 Å². The zero-order chi connectivity index (χ0) is 23.9. The van der Waals surface area contributed by atoms with Gasteiger partial charge in [-0.25, -0.2) is 4.79 Å². The SMILES string of the molecule is CCNC(=O)Nc1ccc([C@H]2O[C@@H](CN3CCC[C@H]3CO)C[C@@H](c3ccc(CO)cc3)O2)cc1. The molecule has 2 aliphatic heterocycles. The highest BCUT2D eigenvalue weighted by atomic mass is 16.7. The minimum atomic E-state index is -0.546. The number of anilines is 1. The number of benzene rings is 2. The molecule has 0 bridgehead atoms. The Morgan fingerprint density at radius 3 is 2.47 bits per heavy atom. The van der Waals surface area contributed by atoms with Crippen molar-refractivity contribution in [3.8, 4) is 0 Å². The van der Waals surface area contributed by atoms with Crippen molar-refractivity contribution in [1.82, 2.24) is 10.2 Å². The first kappa shape index (κ1) is 24.6. The molecule has 2 fully saturated rings. The van der Waals surface area contributed by atoms with Gasteiger partial charge in [-0.1, -0.05) is 36.4 Å². The number of rotatable bonds is 8. The fraction of sp³-hybridized carbons (Fsp3) is 0.500. The van der Waals surface area contributed by atoms with Crippen LogP contribution in [0.1, 0.15) is 55.3 Å².